The maximum absolute atomic E-state index is 11.8. The topological polar surface area (TPSA) is 63.7 Å². The van der Waals surface area contributed by atoms with Crippen LogP contribution in [0.15, 0.2) is 29.2 Å². The molecule has 104 valence electrons. The number of carbonyl (C=O) groups is 1. The molecule has 1 fully saturated rings. The van der Waals surface area contributed by atoms with E-state index in [0.29, 0.717) is 30.1 Å². The van der Waals surface area contributed by atoms with Gasteiger partial charge in [-0.2, -0.15) is 0 Å². The average Bonchev–Trinajstić information content (AvgIpc) is 2.86. The van der Waals surface area contributed by atoms with Crippen LogP contribution in [0.3, 0.4) is 0 Å². The van der Waals surface area contributed by atoms with E-state index in [0.717, 1.165) is 0 Å². The Morgan fingerprint density at radius 3 is 2.68 bits per heavy atom. The third-order valence-corrected chi connectivity index (χ3v) is 4.47. The molecule has 0 saturated carbocycles. The summed E-state index contributed by atoms with van der Waals surface area (Å²) >= 11 is 0. The number of nitrogens with zero attached hydrogens (tertiary/aromatic N) is 1. The number of sulfone groups is 1. The molecule has 0 aliphatic carbocycles. The Labute approximate surface area is 113 Å². The first-order chi connectivity index (χ1) is 8.93. The van der Waals surface area contributed by atoms with Crippen LogP contribution in [0.2, 0.25) is 0 Å². The van der Waals surface area contributed by atoms with Crippen LogP contribution in [-0.4, -0.2) is 40.8 Å². The second kappa shape index (κ2) is 5.21. The van der Waals surface area contributed by atoms with Gasteiger partial charge in [0.05, 0.1) is 23.6 Å². The first-order valence-electron chi connectivity index (χ1n) is 6.05. The molecule has 0 N–H and O–H groups in total. The van der Waals surface area contributed by atoms with Crippen molar-refractivity contribution in [2.75, 3.05) is 31.4 Å². The molecule has 2 rings (SSSR count). The molecule has 0 spiro atoms. The summed E-state index contributed by atoms with van der Waals surface area (Å²) in [5, 5.41) is 0. The van der Waals surface area contributed by atoms with E-state index in [9.17, 15) is 13.2 Å². The van der Waals surface area contributed by atoms with E-state index in [-0.39, 0.29) is 11.9 Å². The second-order valence-corrected chi connectivity index (χ2v) is 6.68. The number of rotatable bonds is 3. The summed E-state index contributed by atoms with van der Waals surface area (Å²) in [6.45, 7) is 1.16. The predicted molar refractivity (Wildman–Crippen MR) is 71.9 cm³/mol. The van der Waals surface area contributed by atoms with Crippen LogP contribution in [0.1, 0.15) is 6.42 Å². The summed E-state index contributed by atoms with van der Waals surface area (Å²) in [7, 11) is -1.90. The zero-order chi connectivity index (χ0) is 14.0. The fourth-order valence-corrected chi connectivity index (χ4v) is 3.27. The third kappa shape index (κ3) is 2.89. The predicted octanol–water partition coefficient (Wildman–Crippen LogP) is 1.09. The van der Waals surface area contributed by atoms with E-state index < -0.39 is 9.84 Å². The molecule has 1 heterocycles. The van der Waals surface area contributed by atoms with Crippen molar-refractivity contribution in [3.05, 3.63) is 24.3 Å². The van der Waals surface area contributed by atoms with Crippen LogP contribution >= 0.6 is 0 Å². The monoisotopic (exact) mass is 283 g/mol. The summed E-state index contributed by atoms with van der Waals surface area (Å²) in [4.78, 5) is 13.7. The Morgan fingerprint density at radius 2 is 2.05 bits per heavy atom. The van der Waals surface area contributed by atoms with Crippen molar-refractivity contribution in [1.29, 1.82) is 0 Å². The molecule has 1 aliphatic heterocycles. The number of esters is 1. The van der Waals surface area contributed by atoms with Gasteiger partial charge in [-0.1, -0.05) is 12.1 Å². The van der Waals surface area contributed by atoms with Crippen LogP contribution in [0.5, 0.6) is 0 Å². The highest BCUT2D eigenvalue weighted by Crippen LogP contribution is 2.30. The number of methoxy groups -OCH3 is 1. The van der Waals surface area contributed by atoms with Gasteiger partial charge in [-0.25, -0.2) is 8.42 Å². The normalized spacial score (nSPS) is 19.5. The lowest BCUT2D eigenvalue weighted by molar-refractivity contribution is -0.144. The Kier molecular flexibility index (Phi) is 3.80. The Bertz CT molecular complexity index is 582. The minimum absolute atomic E-state index is 0.183. The molecule has 1 aromatic rings. The number of anilines is 1. The number of hydrogen-bond donors (Lipinski definition) is 0. The molecular weight excluding hydrogens is 266 g/mol. The van der Waals surface area contributed by atoms with Crippen LogP contribution in [0, 0.1) is 5.92 Å². The minimum atomic E-state index is -3.27. The molecule has 19 heavy (non-hydrogen) atoms. The van der Waals surface area contributed by atoms with Gasteiger partial charge >= 0.3 is 5.97 Å². The molecule has 1 atom stereocenters. The highest BCUT2D eigenvalue weighted by molar-refractivity contribution is 7.90. The van der Waals surface area contributed by atoms with Crippen LogP contribution < -0.4 is 4.90 Å². The number of hydrogen-bond acceptors (Lipinski definition) is 5. The summed E-state index contributed by atoms with van der Waals surface area (Å²) in [6.07, 6.45) is 1.88. The fourth-order valence-electron chi connectivity index (χ4n) is 2.37. The van der Waals surface area contributed by atoms with Gasteiger partial charge in [0.1, 0.15) is 0 Å². The molecule has 6 heteroatoms. The highest BCUT2D eigenvalue weighted by atomic mass is 32.2. The summed E-state index contributed by atoms with van der Waals surface area (Å²) in [5.74, 6) is -0.419. The van der Waals surface area contributed by atoms with Crippen molar-refractivity contribution >= 4 is 21.5 Å². The van der Waals surface area contributed by atoms with Crippen molar-refractivity contribution in [2.45, 2.75) is 11.3 Å². The first kappa shape index (κ1) is 13.9. The van der Waals surface area contributed by atoms with Crippen LogP contribution in [-0.2, 0) is 19.4 Å². The lowest BCUT2D eigenvalue weighted by atomic mass is 10.1. The van der Waals surface area contributed by atoms with Crippen molar-refractivity contribution in [3.8, 4) is 0 Å². The molecule has 1 saturated heterocycles. The summed E-state index contributed by atoms with van der Waals surface area (Å²) in [6, 6.07) is 6.87. The largest absolute Gasteiger partial charge is 0.469 e. The first-order valence-corrected chi connectivity index (χ1v) is 7.94. The average molecular weight is 283 g/mol. The smallest absolute Gasteiger partial charge is 0.310 e. The van der Waals surface area contributed by atoms with Crippen molar-refractivity contribution in [3.63, 3.8) is 0 Å². The molecule has 0 amide bonds. The van der Waals surface area contributed by atoms with Crippen molar-refractivity contribution in [2.24, 2.45) is 5.92 Å². The van der Waals surface area contributed by atoms with Crippen LogP contribution in [0.25, 0.3) is 0 Å². The zero-order valence-electron chi connectivity index (χ0n) is 11.0. The van der Waals surface area contributed by atoms with E-state index >= 15 is 0 Å². The van der Waals surface area contributed by atoms with E-state index in [4.69, 9.17) is 4.74 Å². The lowest BCUT2D eigenvalue weighted by Crippen LogP contribution is -2.24. The minimum Gasteiger partial charge on any atom is -0.469 e. The lowest BCUT2D eigenvalue weighted by Gasteiger charge is -2.21. The number of ether oxygens (including phenoxy) is 1. The van der Waals surface area contributed by atoms with Crippen molar-refractivity contribution in [1.82, 2.24) is 0 Å². The van der Waals surface area contributed by atoms with E-state index in [1.807, 2.05) is 4.90 Å². The van der Waals surface area contributed by atoms with Gasteiger partial charge in [0.2, 0.25) is 0 Å². The second-order valence-electron chi connectivity index (χ2n) is 4.69. The Hall–Kier alpha value is -1.56. The van der Waals surface area contributed by atoms with Crippen molar-refractivity contribution < 1.29 is 17.9 Å². The molecule has 0 bridgehead atoms. The molecule has 0 radical (unpaired) electrons. The van der Waals surface area contributed by atoms with Gasteiger partial charge in [0.25, 0.3) is 0 Å². The van der Waals surface area contributed by atoms with E-state index in [1.165, 1.54) is 13.4 Å². The van der Waals surface area contributed by atoms with Gasteiger partial charge < -0.3 is 9.64 Å². The molecule has 5 nitrogen and oxygen atoms in total. The van der Waals surface area contributed by atoms with Gasteiger partial charge in [-0.05, 0) is 18.6 Å². The molecule has 1 unspecified atom stereocenters. The maximum atomic E-state index is 11.8. The Morgan fingerprint density at radius 1 is 1.37 bits per heavy atom. The maximum Gasteiger partial charge on any atom is 0.310 e. The van der Waals surface area contributed by atoms with Gasteiger partial charge in [0.15, 0.2) is 9.84 Å². The molecule has 1 aromatic carbocycles. The number of benzene rings is 1. The molecular formula is C13H17NO4S. The standard InChI is InChI=1S/C13H17NO4S/c1-18-13(15)10-7-8-14(9-10)11-5-3-4-6-12(11)19(2,16)17/h3-6,10H,7-9H2,1-2H3. The molecule has 1 aliphatic rings. The van der Waals surface area contributed by atoms with Gasteiger partial charge in [0, 0.05) is 19.3 Å². The van der Waals surface area contributed by atoms with Crippen LogP contribution in [0.4, 0.5) is 5.69 Å². The third-order valence-electron chi connectivity index (χ3n) is 3.33. The fraction of sp³-hybridized carbons (Fsp3) is 0.462. The number of para-hydroxylation sites is 1. The Balaban J connectivity index is 2.28. The van der Waals surface area contributed by atoms with E-state index in [2.05, 4.69) is 0 Å². The highest BCUT2D eigenvalue weighted by Gasteiger charge is 2.31. The van der Waals surface area contributed by atoms with E-state index in [1.54, 1.807) is 24.3 Å². The summed E-state index contributed by atoms with van der Waals surface area (Å²) in [5.41, 5.74) is 0.663. The summed E-state index contributed by atoms with van der Waals surface area (Å²) < 4.78 is 28.3. The van der Waals surface area contributed by atoms with Gasteiger partial charge in [-0.3, -0.25) is 4.79 Å². The SMILES string of the molecule is COC(=O)C1CCN(c2ccccc2S(C)(=O)=O)C1. The number of carbonyl (C=O) groups excluding carboxylic acids is 1. The van der Waals surface area contributed by atoms with Gasteiger partial charge in [-0.15, -0.1) is 0 Å². The molecule has 0 aromatic heterocycles. The zero-order valence-corrected chi connectivity index (χ0v) is 11.8. The quantitative estimate of drug-likeness (QED) is 0.777.